The van der Waals surface area contributed by atoms with Crippen molar-refractivity contribution in [3.05, 3.63) is 83.4 Å². The highest BCUT2D eigenvalue weighted by Gasteiger charge is 2.39. The lowest BCUT2D eigenvalue weighted by Gasteiger charge is -2.41. The van der Waals surface area contributed by atoms with Gasteiger partial charge in [0.1, 0.15) is 23.6 Å². The van der Waals surface area contributed by atoms with E-state index in [1.807, 2.05) is 44.2 Å². The standard InChI is InChI=1S/C30H36N2O5S/c1-6-30(7-2)19-25(24-10-8-9-11-27(24)37-30)31-29(33)20-32(26-18-22(4)14-17-28(26)36-5)38(34,35)23-15-12-21(3)13-16-23/h8-18,25H,6-7,19-20H2,1-5H3,(H,31,33)/t25-/m0/s1. The monoisotopic (exact) mass is 536 g/mol. The molecule has 0 saturated heterocycles. The number of hydrogen-bond acceptors (Lipinski definition) is 5. The van der Waals surface area contributed by atoms with Crippen LogP contribution in [-0.2, 0) is 14.8 Å². The molecule has 202 valence electrons. The number of anilines is 1. The van der Waals surface area contributed by atoms with Crippen molar-refractivity contribution in [3.8, 4) is 11.5 Å². The first-order valence-electron chi connectivity index (χ1n) is 12.9. The number of sulfonamides is 1. The maximum absolute atomic E-state index is 13.9. The van der Waals surface area contributed by atoms with Crippen molar-refractivity contribution in [3.63, 3.8) is 0 Å². The largest absolute Gasteiger partial charge is 0.495 e. The minimum Gasteiger partial charge on any atom is -0.495 e. The summed E-state index contributed by atoms with van der Waals surface area (Å²) in [5.41, 5.74) is 2.58. The summed E-state index contributed by atoms with van der Waals surface area (Å²) in [5.74, 6) is 0.704. The lowest BCUT2D eigenvalue weighted by atomic mass is 9.83. The van der Waals surface area contributed by atoms with Crippen molar-refractivity contribution < 1.29 is 22.7 Å². The number of nitrogens with zero attached hydrogens (tertiary/aromatic N) is 1. The number of para-hydroxylation sites is 1. The molecule has 1 N–H and O–H groups in total. The van der Waals surface area contributed by atoms with E-state index in [0.717, 1.165) is 39.6 Å². The third-order valence-electron chi connectivity index (χ3n) is 7.32. The predicted molar refractivity (Wildman–Crippen MR) is 149 cm³/mol. The molecule has 0 fully saturated rings. The summed E-state index contributed by atoms with van der Waals surface area (Å²) in [6, 6.07) is 19.3. The van der Waals surface area contributed by atoms with Crippen LogP contribution in [0.4, 0.5) is 5.69 Å². The zero-order chi connectivity index (χ0) is 27.5. The number of aryl methyl sites for hydroxylation is 2. The molecule has 1 aliphatic rings. The van der Waals surface area contributed by atoms with Crippen molar-refractivity contribution >= 4 is 21.6 Å². The van der Waals surface area contributed by atoms with Gasteiger partial charge in [0.05, 0.1) is 23.7 Å². The maximum Gasteiger partial charge on any atom is 0.264 e. The predicted octanol–water partition coefficient (Wildman–Crippen LogP) is 5.71. The normalized spacial score (nSPS) is 16.2. The minimum atomic E-state index is -4.08. The fourth-order valence-electron chi connectivity index (χ4n) is 4.93. The number of fused-ring (bicyclic) bond motifs is 1. The Bertz CT molecular complexity index is 1400. The number of carbonyl (C=O) groups excluding carboxylic acids is 1. The smallest absolute Gasteiger partial charge is 0.264 e. The highest BCUT2D eigenvalue weighted by atomic mass is 32.2. The second-order valence-corrected chi connectivity index (χ2v) is 11.7. The van der Waals surface area contributed by atoms with Crippen LogP contribution in [0.5, 0.6) is 11.5 Å². The number of hydrogen-bond donors (Lipinski definition) is 1. The second-order valence-electron chi connectivity index (χ2n) is 9.85. The highest BCUT2D eigenvalue weighted by Crippen LogP contribution is 2.42. The molecule has 1 atom stereocenters. The first-order chi connectivity index (χ1) is 18.1. The van der Waals surface area contributed by atoms with Gasteiger partial charge in [0, 0.05) is 12.0 Å². The molecular weight excluding hydrogens is 500 g/mol. The van der Waals surface area contributed by atoms with Gasteiger partial charge in [-0.05, 0) is 62.6 Å². The van der Waals surface area contributed by atoms with E-state index in [0.29, 0.717) is 17.9 Å². The van der Waals surface area contributed by atoms with Gasteiger partial charge in [-0.3, -0.25) is 9.10 Å². The fraction of sp³-hybridized carbons (Fsp3) is 0.367. The molecule has 1 heterocycles. The Morgan fingerprint density at radius 2 is 1.68 bits per heavy atom. The van der Waals surface area contributed by atoms with Gasteiger partial charge in [0.2, 0.25) is 5.91 Å². The zero-order valence-electron chi connectivity index (χ0n) is 22.7. The van der Waals surface area contributed by atoms with Crippen LogP contribution in [0, 0.1) is 13.8 Å². The summed E-state index contributed by atoms with van der Waals surface area (Å²) in [6.07, 6.45) is 2.18. The molecule has 3 aromatic rings. The topological polar surface area (TPSA) is 84.9 Å². The van der Waals surface area contributed by atoms with Crippen molar-refractivity contribution in [2.45, 2.75) is 63.5 Å². The van der Waals surface area contributed by atoms with Crippen LogP contribution in [0.3, 0.4) is 0 Å². The SMILES string of the molecule is CCC1(CC)C[C@H](NC(=O)CN(c2cc(C)ccc2OC)S(=O)(=O)c2ccc(C)cc2)c2ccccc2O1. The van der Waals surface area contributed by atoms with E-state index in [9.17, 15) is 13.2 Å². The van der Waals surface area contributed by atoms with Crippen molar-refractivity contribution in [1.82, 2.24) is 5.32 Å². The van der Waals surface area contributed by atoms with E-state index in [-0.39, 0.29) is 10.9 Å². The molecule has 7 nitrogen and oxygen atoms in total. The van der Waals surface area contributed by atoms with E-state index >= 15 is 0 Å². The highest BCUT2D eigenvalue weighted by molar-refractivity contribution is 7.92. The van der Waals surface area contributed by atoms with Crippen LogP contribution in [0.25, 0.3) is 0 Å². The zero-order valence-corrected chi connectivity index (χ0v) is 23.5. The summed E-state index contributed by atoms with van der Waals surface area (Å²) in [6.45, 7) is 7.52. The van der Waals surface area contributed by atoms with E-state index in [2.05, 4.69) is 19.2 Å². The van der Waals surface area contributed by atoms with Crippen LogP contribution >= 0.6 is 0 Å². The molecule has 0 radical (unpaired) electrons. The quantitative estimate of drug-likeness (QED) is 0.379. The lowest BCUT2D eigenvalue weighted by molar-refractivity contribution is -0.121. The van der Waals surface area contributed by atoms with Gasteiger partial charge in [-0.1, -0.05) is 55.8 Å². The van der Waals surface area contributed by atoms with Crippen molar-refractivity contribution in [1.29, 1.82) is 0 Å². The van der Waals surface area contributed by atoms with E-state index in [4.69, 9.17) is 9.47 Å². The molecule has 0 aromatic heterocycles. The van der Waals surface area contributed by atoms with Crippen LogP contribution < -0.4 is 19.1 Å². The average molecular weight is 537 g/mol. The van der Waals surface area contributed by atoms with Crippen molar-refractivity contribution in [2.75, 3.05) is 18.0 Å². The van der Waals surface area contributed by atoms with Gasteiger partial charge in [0.25, 0.3) is 10.0 Å². The Labute approximate surface area is 225 Å². The van der Waals surface area contributed by atoms with Gasteiger partial charge in [-0.15, -0.1) is 0 Å². The lowest BCUT2D eigenvalue weighted by Crippen LogP contribution is -2.47. The molecule has 38 heavy (non-hydrogen) atoms. The van der Waals surface area contributed by atoms with Crippen LogP contribution in [-0.4, -0.2) is 33.6 Å². The van der Waals surface area contributed by atoms with Gasteiger partial charge in [-0.2, -0.15) is 0 Å². The Kier molecular flexibility index (Phi) is 8.02. The third-order valence-corrected chi connectivity index (χ3v) is 9.09. The van der Waals surface area contributed by atoms with Gasteiger partial charge < -0.3 is 14.8 Å². The maximum atomic E-state index is 13.9. The molecule has 0 saturated carbocycles. The number of amides is 1. The molecular formula is C30H36N2O5S. The molecule has 4 rings (SSSR count). The average Bonchev–Trinajstić information content (AvgIpc) is 2.91. The summed E-state index contributed by atoms with van der Waals surface area (Å²) in [7, 11) is -2.60. The number of methoxy groups -OCH3 is 1. The number of nitrogens with one attached hydrogen (secondary N) is 1. The summed E-state index contributed by atoms with van der Waals surface area (Å²) < 4.78 is 40.9. The first kappa shape index (κ1) is 27.5. The molecule has 0 spiro atoms. The molecule has 0 unspecified atom stereocenters. The molecule has 8 heteroatoms. The third kappa shape index (κ3) is 5.50. The Morgan fingerprint density at radius 3 is 2.34 bits per heavy atom. The van der Waals surface area contributed by atoms with Crippen LogP contribution in [0.15, 0.2) is 71.6 Å². The molecule has 3 aromatic carbocycles. The first-order valence-corrected chi connectivity index (χ1v) is 14.4. The Hall–Kier alpha value is -3.52. The van der Waals surface area contributed by atoms with Gasteiger partial charge in [0.15, 0.2) is 0 Å². The van der Waals surface area contributed by atoms with Gasteiger partial charge in [-0.25, -0.2) is 8.42 Å². The summed E-state index contributed by atoms with van der Waals surface area (Å²) in [5, 5.41) is 3.12. The Balaban J connectivity index is 1.71. The number of ether oxygens (including phenoxy) is 2. The molecule has 0 bridgehead atoms. The number of benzene rings is 3. The van der Waals surface area contributed by atoms with Crippen molar-refractivity contribution in [2.24, 2.45) is 0 Å². The molecule has 0 aliphatic carbocycles. The molecule has 1 amide bonds. The summed E-state index contributed by atoms with van der Waals surface area (Å²) >= 11 is 0. The van der Waals surface area contributed by atoms with E-state index in [1.165, 1.54) is 7.11 Å². The van der Waals surface area contributed by atoms with E-state index < -0.39 is 28.1 Å². The number of rotatable bonds is 9. The second kappa shape index (κ2) is 11.1. The Morgan fingerprint density at radius 1 is 1.03 bits per heavy atom. The van der Waals surface area contributed by atoms with E-state index in [1.54, 1.807) is 36.4 Å². The fourth-order valence-corrected chi connectivity index (χ4v) is 6.36. The van der Waals surface area contributed by atoms with Gasteiger partial charge >= 0.3 is 0 Å². The molecule has 1 aliphatic heterocycles. The van der Waals surface area contributed by atoms with Crippen LogP contribution in [0.2, 0.25) is 0 Å². The minimum absolute atomic E-state index is 0.104. The number of carbonyl (C=O) groups is 1. The summed E-state index contributed by atoms with van der Waals surface area (Å²) in [4.78, 5) is 13.7. The van der Waals surface area contributed by atoms with Crippen LogP contribution in [0.1, 0.15) is 55.8 Å².